The van der Waals surface area contributed by atoms with Crippen LogP contribution in [0, 0.1) is 11.3 Å². The maximum absolute atomic E-state index is 12.4. The van der Waals surface area contributed by atoms with Crippen molar-refractivity contribution in [1.82, 2.24) is 15.1 Å². The van der Waals surface area contributed by atoms with Gasteiger partial charge in [0, 0.05) is 25.9 Å². The van der Waals surface area contributed by atoms with Crippen LogP contribution in [0.25, 0.3) is 11.1 Å². The van der Waals surface area contributed by atoms with Gasteiger partial charge < -0.3 is 14.7 Å². The zero-order valence-corrected chi connectivity index (χ0v) is 15.4. The Balaban J connectivity index is 1.98. The Morgan fingerprint density at radius 2 is 2.04 bits per heavy atom. The molecular formula is C17H14Cl2N4O4. The van der Waals surface area contributed by atoms with Gasteiger partial charge in [0.25, 0.3) is 5.56 Å². The molecule has 1 aliphatic rings. The molecule has 1 aliphatic heterocycles. The van der Waals surface area contributed by atoms with Crippen LogP contribution in [0.4, 0.5) is 4.79 Å². The Labute approximate surface area is 163 Å². The number of likely N-dealkylation sites (tertiary alicyclic amines) is 1. The lowest BCUT2D eigenvalue weighted by Crippen LogP contribution is -2.41. The van der Waals surface area contributed by atoms with Crippen molar-refractivity contribution in [2.45, 2.75) is 18.9 Å². The maximum Gasteiger partial charge on any atom is 0.407 e. The van der Waals surface area contributed by atoms with Gasteiger partial charge in [-0.1, -0.05) is 29.3 Å². The molecule has 2 N–H and O–H groups in total. The van der Waals surface area contributed by atoms with Gasteiger partial charge in [-0.2, -0.15) is 10.4 Å². The highest BCUT2D eigenvalue weighted by Crippen LogP contribution is 2.34. The van der Waals surface area contributed by atoms with Gasteiger partial charge >= 0.3 is 6.09 Å². The number of benzene rings is 1. The third-order valence-corrected chi connectivity index (χ3v) is 4.99. The van der Waals surface area contributed by atoms with Crippen LogP contribution in [-0.2, 0) is 0 Å². The lowest BCUT2D eigenvalue weighted by molar-refractivity contribution is 0.0892. The topological polar surface area (TPSA) is 119 Å². The second kappa shape index (κ2) is 7.86. The molecule has 1 aromatic carbocycles. The minimum atomic E-state index is -0.986. The minimum Gasteiger partial charge on any atom is -0.486 e. The van der Waals surface area contributed by atoms with E-state index >= 15 is 0 Å². The molecule has 140 valence electrons. The first kappa shape index (κ1) is 19.0. The Bertz CT molecular complexity index is 978. The largest absolute Gasteiger partial charge is 0.486 e. The molecule has 1 saturated heterocycles. The number of nitrogens with one attached hydrogen (secondary N) is 1. The SMILES string of the molecule is N#Cc1n[nH]c(=O)c(-c2ccc(Cl)c(Cl)c2)c1OC1CCN(C(=O)O)CC1. The predicted octanol–water partition coefficient (Wildman–Crippen LogP) is 3.14. The number of rotatable bonds is 3. The maximum atomic E-state index is 12.4. The van der Waals surface area contributed by atoms with Crippen molar-refractivity contribution in [2.24, 2.45) is 0 Å². The summed E-state index contributed by atoms with van der Waals surface area (Å²) in [4.78, 5) is 24.7. The number of halogens is 2. The number of H-pyrrole nitrogens is 1. The van der Waals surface area contributed by atoms with Crippen LogP contribution in [0.1, 0.15) is 18.5 Å². The van der Waals surface area contributed by atoms with Crippen LogP contribution in [0.15, 0.2) is 23.0 Å². The van der Waals surface area contributed by atoms with E-state index in [0.717, 1.165) is 0 Å². The summed E-state index contributed by atoms with van der Waals surface area (Å²) < 4.78 is 5.94. The molecule has 1 fully saturated rings. The number of amides is 1. The first-order chi connectivity index (χ1) is 12.9. The van der Waals surface area contributed by atoms with Crippen molar-refractivity contribution in [3.63, 3.8) is 0 Å². The number of carboxylic acid groups (broad SMARTS) is 1. The summed E-state index contributed by atoms with van der Waals surface area (Å²) in [6, 6.07) is 6.55. The molecule has 8 nitrogen and oxygen atoms in total. The van der Waals surface area contributed by atoms with Gasteiger partial charge in [-0.15, -0.1) is 0 Å². The first-order valence-electron chi connectivity index (χ1n) is 8.03. The normalized spacial score (nSPS) is 14.6. The number of ether oxygens (including phenoxy) is 1. The summed E-state index contributed by atoms with van der Waals surface area (Å²) in [5.74, 6) is 0.0495. The zero-order chi connectivity index (χ0) is 19.6. The van der Waals surface area contributed by atoms with E-state index in [0.29, 0.717) is 36.5 Å². The summed E-state index contributed by atoms with van der Waals surface area (Å²) in [7, 11) is 0. The van der Waals surface area contributed by atoms with Gasteiger partial charge in [-0.05, 0) is 17.7 Å². The fourth-order valence-corrected chi connectivity index (χ4v) is 3.17. The monoisotopic (exact) mass is 408 g/mol. The Morgan fingerprint density at radius 3 is 2.63 bits per heavy atom. The number of hydrogen-bond acceptors (Lipinski definition) is 5. The van der Waals surface area contributed by atoms with Crippen LogP contribution in [-0.4, -0.2) is 45.5 Å². The molecular weight excluding hydrogens is 395 g/mol. The third-order valence-electron chi connectivity index (χ3n) is 4.25. The second-order valence-electron chi connectivity index (χ2n) is 5.93. The average Bonchev–Trinajstić information content (AvgIpc) is 2.65. The van der Waals surface area contributed by atoms with Crippen molar-refractivity contribution in [3.8, 4) is 22.9 Å². The van der Waals surface area contributed by atoms with Crippen LogP contribution in [0.3, 0.4) is 0 Å². The van der Waals surface area contributed by atoms with E-state index in [9.17, 15) is 14.9 Å². The second-order valence-corrected chi connectivity index (χ2v) is 6.75. The molecule has 2 aromatic rings. The van der Waals surface area contributed by atoms with Crippen molar-refractivity contribution in [2.75, 3.05) is 13.1 Å². The van der Waals surface area contributed by atoms with Gasteiger partial charge in [-0.3, -0.25) is 4.79 Å². The Hall–Kier alpha value is -2.76. The highest BCUT2D eigenvalue weighted by molar-refractivity contribution is 6.42. The van der Waals surface area contributed by atoms with Crippen molar-refractivity contribution in [3.05, 3.63) is 44.3 Å². The van der Waals surface area contributed by atoms with Crippen LogP contribution < -0.4 is 10.3 Å². The van der Waals surface area contributed by atoms with Gasteiger partial charge in [-0.25, -0.2) is 9.89 Å². The molecule has 0 spiro atoms. The molecule has 1 amide bonds. The van der Waals surface area contributed by atoms with Crippen molar-refractivity contribution in [1.29, 1.82) is 5.26 Å². The van der Waals surface area contributed by atoms with E-state index in [4.69, 9.17) is 33.0 Å². The zero-order valence-electron chi connectivity index (χ0n) is 13.9. The number of aromatic nitrogens is 2. The van der Waals surface area contributed by atoms with Gasteiger partial charge in [0.15, 0.2) is 5.75 Å². The van der Waals surface area contributed by atoms with E-state index in [2.05, 4.69) is 10.2 Å². The average molecular weight is 409 g/mol. The molecule has 0 bridgehead atoms. The number of piperidine rings is 1. The number of aromatic amines is 1. The molecule has 10 heteroatoms. The Kier molecular flexibility index (Phi) is 5.54. The first-order valence-corrected chi connectivity index (χ1v) is 8.79. The fourth-order valence-electron chi connectivity index (χ4n) is 2.87. The lowest BCUT2D eigenvalue weighted by Gasteiger charge is -2.30. The summed E-state index contributed by atoms with van der Waals surface area (Å²) in [6.07, 6.45) is -0.464. The number of nitrogens with zero attached hydrogens (tertiary/aromatic N) is 3. The van der Waals surface area contributed by atoms with Crippen LogP contribution >= 0.6 is 23.2 Å². The van der Waals surface area contributed by atoms with Gasteiger partial charge in [0.05, 0.1) is 15.6 Å². The molecule has 0 unspecified atom stereocenters. The minimum absolute atomic E-state index is 0.0495. The van der Waals surface area contributed by atoms with Crippen LogP contribution in [0.5, 0.6) is 5.75 Å². The number of nitriles is 1. The van der Waals surface area contributed by atoms with Crippen molar-refractivity contribution >= 4 is 29.3 Å². The van der Waals surface area contributed by atoms with E-state index in [1.165, 1.54) is 11.0 Å². The quantitative estimate of drug-likeness (QED) is 0.804. The smallest absolute Gasteiger partial charge is 0.407 e. The predicted molar refractivity (Wildman–Crippen MR) is 98.3 cm³/mol. The molecule has 2 heterocycles. The Morgan fingerprint density at radius 1 is 1.33 bits per heavy atom. The lowest BCUT2D eigenvalue weighted by atomic mass is 10.0. The fraction of sp³-hybridized carbons (Fsp3) is 0.294. The summed E-state index contributed by atoms with van der Waals surface area (Å²) >= 11 is 12.0. The van der Waals surface area contributed by atoms with Crippen LogP contribution in [0.2, 0.25) is 10.0 Å². The highest BCUT2D eigenvalue weighted by atomic mass is 35.5. The molecule has 27 heavy (non-hydrogen) atoms. The molecule has 0 radical (unpaired) electrons. The van der Waals surface area contributed by atoms with E-state index in [-0.39, 0.29) is 28.1 Å². The molecule has 0 atom stereocenters. The standard InChI is InChI=1S/C17H14Cl2N4O4/c18-11-2-1-9(7-12(11)19)14-15(13(8-20)21-22-16(14)24)27-10-3-5-23(6-4-10)17(25)26/h1-2,7,10H,3-6H2,(H,22,24)(H,25,26). The van der Waals surface area contributed by atoms with E-state index in [1.54, 1.807) is 12.1 Å². The molecule has 3 rings (SSSR count). The van der Waals surface area contributed by atoms with E-state index < -0.39 is 11.7 Å². The summed E-state index contributed by atoms with van der Waals surface area (Å²) in [6.45, 7) is 0.612. The number of carbonyl (C=O) groups is 1. The highest BCUT2D eigenvalue weighted by Gasteiger charge is 2.27. The molecule has 1 aromatic heterocycles. The van der Waals surface area contributed by atoms with E-state index in [1.807, 2.05) is 6.07 Å². The van der Waals surface area contributed by atoms with Crippen molar-refractivity contribution < 1.29 is 14.6 Å². The summed E-state index contributed by atoms with van der Waals surface area (Å²) in [5.41, 5.74) is -0.0509. The number of hydrogen-bond donors (Lipinski definition) is 2. The molecule has 0 aliphatic carbocycles. The van der Waals surface area contributed by atoms with Gasteiger partial charge in [0.2, 0.25) is 5.69 Å². The van der Waals surface area contributed by atoms with Gasteiger partial charge in [0.1, 0.15) is 12.2 Å². The summed E-state index contributed by atoms with van der Waals surface area (Å²) in [5, 5.41) is 25.0. The third kappa shape index (κ3) is 3.99. The molecule has 0 saturated carbocycles.